The molecule has 0 aromatic heterocycles. The largest absolute Gasteiger partial charge is 0.456 e. The van der Waals surface area contributed by atoms with Crippen LogP contribution in [0.5, 0.6) is 11.5 Å². The molecule has 0 bridgehead atoms. The Morgan fingerprint density at radius 1 is 1.03 bits per heavy atom. The van der Waals surface area contributed by atoms with Crippen molar-refractivity contribution < 1.29 is 18.1 Å². The summed E-state index contributed by atoms with van der Waals surface area (Å²) in [5.74, 6) is 0.515. The molecule has 0 aliphatic rings. The van der Waals surface area contributed by atoms with Crippen LogP contribution in [0, 0.1) is 28.4 Å². The van der Waals surface area contributed by atoms with E-state index in [0.29, 0.717) is 11.4 Å². The maximum atomic E-state index is 12.8. The molecule has 0 saturated heterocycles. The van der Waals surface area contributed by atoms with Crippen molar-refractivity contribution in [1.29, 1.82) is 5.26 Å². The van der Waals surface area contributed by atoms with E-state index in [2.05, 4.69) is 0 Å². The zero-order chi connectivity index (χ0) is 21.9. The smallest absolute Gasteiger partial charge is 0.271 e. The lowest BCUT2D eigenvalue weighted by Gasteiger charge is -2.20. The lowest BCUT2D eigenvalue weighted by molar-refractivity contribution is -0.384. The molecule has 0 saturated carbocycles. The fourth-order valence-corrected chi connectivity index (χ4v) is 3.86. The van der Waals surface area contributed by atoms with Gasteiger partial charge in [-0.2, -0.15) is 5.26 Å². The summed E-state index contributed by atoms with van der Waals surface area (Å²) in [6.45, 7) is 1.88. The molecule has 0 fully saturated rings. The Balaban J connectivity index is 1.82. The lowest BCUT2D eigenvalue weighted by atomic mass is 10.2. The molecule has 8 nitrogen and oxygen atoms in total. The fourth-order valence-electron chi connectivity index (χ4n) is 2.67. The van der Waals surface area contributed by atoms with Gasteiger partial charge >= 0.3 is 0 Å². The molecule has 30 heavy (non-hydrogen) atoms. The Hall–Kier alpha value is -3.90. The van der Waals surface area contributed by atoms with Gasteiger partial charge in [0.15, 0.2) is 0 Å². The molecule has 3 rings (SSSR count). The number of aryl methyl sites for hydroxylation is 1. The van der Waals surface area contributed by atoms with Gasteiger partial charge in [0, 0.05) is 19.2 Å². The molecule has 152 valence electrons. The van der Waals surface area contributed by atoms with Gasteiger partial charge in [-0.3, -0.25) is 14.4 Å². The van der Waals surface area contributed by atoms with Gasteiger partial charge in [0.05, 0.1) is 15.5 Å². The third-order valence-electron chi connectivity index (χ3n) is 4.40. The predicted molar refractivity (Wildman–Crippen MR) is 111 cm³/mol. The third-order valence-corrected chi connectivity index (χ3v) is 6.20. The summed E-state index contributed by atoms with van der Waals surface area (Å²) in [6.07, 6.45) is 0. The van der Waals surface area contributed by atoms with E-state index in [9.17, 15) is 23.8 Å². The quantitative estimate of drug-likeness (QED) is 0.429. The van der Waals surface area contributed by atoms with Crippen LogP contribution in [-0.4, -0.2) is 20.4 Å². The predicted octanol–water partition coefficient (Wildman–Crippen LogP) is 4.39. The van der Waals surface area contributed by atoms with Crippen LogP contribution in [0.3, 0.4) is 0 Å². The van der Waals surface area contributed by atoms with Gasteiger partial charge in [-0.05, 0) is 49.4 Å². The van der Waals surface area contributed by atoms with Crippen molar-refractivity contribution in [2.75, 3.05) is 11.4 Å². The van der Waals surface area contributed by atoms with Crippen LogP contribution in [0.4, 0.5) is 11.4 Å². The van der Waals surface area contributed by atoms with Crippen molar-refractivity contribution in [1.82, 2.24) is 0 Å². The molecule has 9 heteroatoms. The average molecular weight is 423 g/mol. The second kappa shape index (κ2) is 8.23. The summed E-state index contributed by atoms with van der Waals surface area (Å²) < 4.78 is 32.4. The first-order valence-corrected chi connectivity index (χ1v) is 10.2. The molecule has 3 aromatic carbocycles. The highest BCUT2D eigenvalue weighted by atomic mass is 32.2. The topological polar surface area (TPSA) is 114 Å². The third kappa shape index (κ3) is 4.24. The molecule has 0 aliphatic carbocycles. The number of hydrogen-bond donors (Lipinski definition) is 0. The standard InChI is InChI=1S/C21H17N3O5S/c1-15-3-10-20(11-4-15)30(27,28)23(2)17-5-8-19(9-6-17)29-21-12-7-18(24(25)26)13-16(21)14-22/h3-13H,1-2H3. The number of nitro groups is 1. The number of nitro benzene ring substituents is 1. The summed E-state index contributed by atoms with van der Waals surface area (Å²) in [5.41, 5.74) is 1.19. The van der Waals surface area contributed by atoms with Gasteiger partial charge in [-0.1, -0.05) is 17.7 Å². The van der Waals surface area contributed by atoms with Crippen LogP contribution in [0.2, 0.25) is 0 Å². The summed E-state index contributed by atoms with van der Waals surface area (Å²) in [4.78, 5) is 10.4. The second-order valence-electron chi connectivity index (χ2n) is 6.43. The van der Waals surface area contributed by atoms with Gasteiger partial charge in [0.25, 0.3) is 15.7 Å². The summed E-state index contributed by atoms with van der Waals surface area (Å²) in [7, 11) is -2.26. The molecular formula is C21H17N3O5S. The summed E-state index contributed by atoms with van der Waals surface area (Å²) >= 11 is 0. The lowest BCUT2D eigenvalue weighted by Crippen LogP contribution is -2.26. The van der Waals surface area contributed by atoms with Crippen molar-refractivity contribution in [3.8, 4) is 17.6 Å². The summed E-state index contributed by atoms with van der Waals surface area (Å²) in [6, 6.07) is 18.4. The maximum Gasteiger partial charge on any atom is 0.271 e. The van der Waals surface area contributed by atoms with E-state index in [1.54, 1.807) is 48.5 Å². The van der Waals surface area contributed by atoms with E-state index in [4.69, 9.17) is 4.74 Å². The van der Waals surface area contributed by atoms with E-state index in [0.717, 1.165) is 15.9 Å². The Kier molecular flexibility index (Phi) is 5.71. The van der Waals surface area contributed by atoms with E-state index in [-0.39, 0.29) is 21.9 Å². The zero-order valence-corrected chi connectivity index (χ0v) is 17.0. The highest BCUT2D eigenvalue weighted by Crippen LogP contribution is 2.30. The summed E-state index contributed by atoms with van der Waals surface area (Å²) in [5, 5.41) is 20.1. The Bertz CT molecular complexity index is 1230. The molecule has 0 N–H and O–H groups in total. The molecule has 0 aliphatic heterocycles. The monoisotopic (exact) mass is 423 g/mol. The molecule has 0 heterocycles. The van der Waals surface area contributed by atoms with Crippen LogP contribution in [0.15, 0.2) is 71.6 Å². The normalized spacial score (nSPS) is 10.8. The second-order valence-corrected chi connectivity index (χ2v) is 8.40. The first kappa shape index (κ1) is 20.8. The van der Waals surface area contributed by atoms with E-state index in [1.807, 2.05) is 13.0 Å². The van der Waals surface area contributed by atoms with Crippen molar-refractivity contribution in [2.24, 2.45) is 0 Å². The highest BCUT2D eigenvalue weighted by molar-refractivity contribution is 7.92. The van der Waals surface area contributed by atoms with Gasteiger partial charge in [0.1, 0.15) is 23.1 Å². The van der Waals surface area contributed by atoms with Crippen LogP contribution < -0.4 is 9.04 Å². The van der Waals surface area contributed by atoms with Gasteiger partial charge in [-0.15, -0.1) is 0 Å². The van der Waals surface area contributed by atoms with E-state index in [1.165, 1.54) is 19.2 Å². The van der Waals surface area contributed by atoms with Crippen molar-refractivity contribution >= 4 is 21.4 Å². The minimum absolute atomic E-state index is 0.0207. The maximum absolute atomic E-state index is 12.8. The number of hydrogen-bond acceptors (Lipinski definition) is 6. The molecule has 0 unspecified atom stereocenters. The minimum atomic E-state index is -3.72. The zero-order valence-electron chi connectivity index (χ0n) is 16.1. The Morgan fingerprint density at radius 2 is 1.67 bits per heavy atom. The number of anilines is 1. The molecule has 0 spiro atoms. The number of ether oxygens (including phenoxy) is 1. The number of sulfonamides is 1. The number of non-ortho nitro benzene ring substituents is 1. The van der Waals surface area contributed by atoms with Gasteiger partial charge < -0.3 is 4.74 Å². The number of rotatable bonds is 6. The van der Waals surface area contributed by atoms with Crippen LogP contribution >= 0.6 is 0 Å². The van der Waals surface area contributed by atoms with Gasteiger partial charge in [0.2, 0.25) is 0 Å². The Labute approximate surface area is 173 Å². The van der Waals surface area contributed by atoms with Crippen molar-refractivity contribution in [3.63, 3.8) is 0 Å². The molecular weight excluding hydrogens is 406 g/mol. The van der Waals surface area contributed by atoms with E-state index >= 15 is 0 Å². The number of benzene rings is 3. The van der Waals surface area contributed by atoms with Crippen molar-refractivity contribution in [3.05, 3.63) is 88.0 Å². The molecule has 0 amide bonds. The first-order valence-electron chi connectivity index (χ1n) is 8.74. The van der Waals surface area contributed by atoms with E-state index < -0.39 is 14.9 Å². The van der Waals surface area contributed by atoms with Crippen LogP contribution in [0.25, 0.3) is 0 Å². The SMILES string of the molecule is Cc1ccc(S(=O)(=O)N(C)c2ccc(Oc3ccc([N+](=O)[O-])cc3C#N)cc2)cc1. The average Bonchev–Trinajstić information content (AvgIpc) is 2.74. The molecule has 0 atom stereocenters. The number of nitriles is 1. The Morgan fingerprint density at radius 3 is 2.23 bits per heavy atom. The minimum Gasteiger partial charge on any atom is -0.456 e. The van der Waals surface area contributed by atoms with Crippen molar-refractivity contribution in [2.45, 2.75) is 11.8 Å². The fraction of sp³-hybridized carbons (Fsp3) is 0.0952. The van der Waals surface area contributed by atoms with Crippen LogP contribution in [-0.2, 0) is 10.0 Å². The van der Waals surface area contributed by atoms with Gasteiger partial charge in [-0.25, -0.2) is 8.42 Å². The van der Waals surface area contributed by atoms with Crippen LogP contribution in [0.1, 0.15) is 11.1 Å². The first-order chi connectivity index (χ1) is 14.2. The molecule has 3 aromatic rings. The highest BCUT2D eigenvalue weighted by Gasteiger charge is 2.21. The number of nitrogens with zero attached hydrogens (tertiary/aromatic N) is 3. The molecule has 0 radical (unpaired) electrons.